The Morgan fingerprint density at radius 1 is 1.14 bits per heavy atom. The summed E-state index contributed by atoms with van der Waals surface area (Å²) in [4.78, 5) is 11.4. The summed E-state index contributed by atoms with van der Waals surface area (Å²) in [6, 6.07) is 15.1. The molecular formula is C27H20F2N2O4. The number of hydrogen-bond donors (Lipinski definition) is 2. The number of carbonyl (C=O) groups is 1. The fourth-order valence-electron chi connectivity index (χ4n) is 4.78. The van der Waals surface area contributed by atoms with E-state index in [1.54, 1.807) is 35.8 Å². The summed E-state index contributed by atoms with van der Waals surface area (Å²) in [7, 11) is 0. The number of phenolic OH excluding ortho intramolecular Hbond substituents is 1. The minimum atomic E-state index is -1.08. The lowest BCUT2D eigenvalue weighted by Crippen LogP contribution is -2.48. The molecule has 0 atom stereocenters. The molecule has 1 fully saturated rings. The Hall–Kier alpha value is -4.22. The van der Waals surface area contributed by atoms with Gasteiger partial charge in [0.1, 0.15) is 17.4 Å². The van der Waals surface area contributed by atoms with Crippen molar-refractivity contribution in [3.05, 3.63) is 83.1 Å². The number of phenols is 1. The molecule has 1 aliphatic heterocycles. The van der Waals surface area contributed by atoms with E-state index in [1.807, 2.05) is 0 Å². The van der Waals surface area contributed by atoms with Crippen LogP contribution in [0.2, 0.25) is 0 Å². The van der Waals surface area contributed by atoms with Crippen LogP contribution in [0.5, 0.6) is 5.75 Å². The van der Waals surface area contributed by atoms with Crippen molar-refractivity contribution in [2.45, 2.75) is 18.8 Å². The van der Waals surface area contributed by atoms with Crippen LogP contribution in [0.25, 0.3) is 27.7 Å². The second-order valence-corrected chi connectivity index (χ2v) is 8.80. The van der Waals surface area contributed by atoms with E-state index in [9.17, 15) is 29.1 Å². The molecule has 35 heavy (non-hydrogen) atoms. The molecule has 4 aromatic rings. The van der Waals surface area contributed by atoms with Crippen LogP contribution in [0, 0.1) is 29.9 Å². The number of halogens is 2. The molecule has 0 unspecified atom stereocenters. The van der Waals surface area contributed by atoms with Gasteiger partial charge in [0.2, 0.25) is 0 Å². The number of aromatic carboxylic acids is 1. The number of carboxylic acids is 1. The van der Waals surface area contributed by atoms with E-state index < -0.39 is 23.0 Å². The molecule has 3 aromatic carbocycles. The van der Waals surface area contributed by atoms with Crippen molar-refractivity contribution in [1.29, 1.82) is 5.26 Å². The van der Waals surface area contributed by atoms with E-state index in [2.05, 4.69) is 6.07 Å². The molecule has 0 saturated carbocycles. The summed E-state index contributed by atoms with van der Waals surface area (Å²) in [5, 5.41) is 30.2. The third kappa shape index (κ3) is 3.52. The van der Waals surface area contributed by atoms with Gasteiger partial charge >= 0.3 is 5.97 Å². The average molecular weight is 474 g/mol. The van der Waals surface area contributed by atoms with Gasteiger partial charge in [0.25, 0.3) is 0 Å². The standard InChI is InChI=1S/C27H20F2N2O4/c1-15-10-19(6-7-20(15)29)31-21-11-18(28)12-22(32)24(21)23(16-2-4-17(5-3-16)26(33)34)25(31)27(8-9-30)13-35-14-27/h2-7,10-12,32H,8,13-14H2,1H3,(H,33,34). The van der Waals surface area contributed by atoms with Gasteiger partial charge in [-0.1, -0.05) is 12.1 Å². The Bertz CT molecular complexity index is 1530. The van der Waals surface area contributed by atoms with Crippen molar-refractivity contribution in [1.82, 2.24) is 4.57 Å². The first-order chi connectivity index (χ1) is 16.8. The third-order valence-electron chi connectivity index (χ3n) is 6.51. The second kappa shape index (κ2) is 8.22. The molecule has 5 rings (SSSR count). The van der Waals surface area contributed by atoms with Crippen LogP contribution in [0.4, 0.5) is 8.78 Å². The average Bonchev–Trinajstić information content (AvgIpc) is 3.13. The summed E-state index contributed by atoms with van der Waals surface area (Å²) in [6.45, 7) is 2.06. The highest BCUT2D eigenvalue weighted by molar-refractivity contribution is 6.04. The van der Waals surface area contributed by atoms with E-state index in [-0.39, 0.29) is 30.9 Å². The maximum Gasteiger partial charge on any atom is 0.335 e. The number of nitrogens with zero attached hydrogens (tertiary/aromatic N) is 2. The zero-order valence-electron chi connectivity index (χ0n) is 18.7. The lowest BCUT2D eigenvalue weighted by molar-refractivity contribution is -0.0601. The van der Waals surface area contributed by atoms with Crippen LogP contribution >= 0.6 is 0 Å². The molecule has 1 saturated heterocycles. The van der Waals surface area contributed by atoms with Crippen LogP contribution in [-0.2, 0) is 10.2 Å². The molecule has 0 radical (unpaired) electrons. The van der Waals surface area contributed by atoms with E-state index >= 15 is 0 Å². The monoisotopic (exact) mass is 474 g/mol. The Morgan fingerprint density at radius 2 is 1.86 bits per heavy atom. The molecule has 0 amide bonds. The van der Waals surface area contributed by atoms with Gasteiger partial charge in [0.15, 0.2) is 0 Å². The lowest BCUT2D eigenvalue weighted by atomic mass is 9.76. The van der Waals surface area contributed by atoms with Crippen LogP contribution < -0.4 is 0 Å². The number of carboxylic acid groups (broad SMARTS) is 1. The number of aryl methyl sites for hydroxylation is 1. The second-order valence-electron chi connectivity index (χ2n) is 8.80. The van der Waals surface area contributed by atoms with Crippen LogP contribution in [0.3, 0.4) is 0 Å². The van der Waals surface area contributed by atoms with E-state index in [0.29, 0.717) is 39.0 Å². The molecule has 2 N–H and O–H groups in total. The van der Waals surface area contributed by atoms with Gasteiger partial charge in [-0.05, 0) is 54.4 Å². The van der Waals surface area contributed by atoms with Gasteiger partial charge in [0, 0.05) is 23.0 Å². The molecule has 0 bridgehead atoms. The van der Waals surface area contributed by atoms with Crippen LogP contribution in [-0.4, -0.2) is 34.0 Å². The predicted molar refractivity (Wildman–Crippen MR) is 125 cm³/mol. The smallest absolute Gasteiger partial charge is 0.335 e. The molecule has 8 heteroatoms. The first-order valence-corrected chi connectivity index (χ1v) is 10.9. The van der Waals surface area contributed by atoms with E-state index in [4.69, 9.17) is 4.74 Å². The molecular weight excluding hydrogens is 454 g/mol. The number of benzene rings is 3. The molecule has 0 spiro atoms. The Morgan fingerprint density at radius 3 is 2.43 bits per heavy atom. The topological polar surface area (TPSA) is 95.5 Å². The van der Waals surface area contributed by atoms with E-state index in [0.717, 1.165) is 6.07 Å². The predicted octanol–water partition coefficient (Wildman–Crippen LogP) is 5.47. The summed E-state index contributed by atoms with van der Waals surface area (Å²) in [5.41, 5.74) is 2.28. The van der Waals surface area contributed by atoms with Crippen molar-refractivity contribution in [3.8, 4) is 28.6 Å². The van der Waals surface area contributed by atoms with Gasteiger partial charge in [-0.25, -0.2) is 13.6 Å². The third-order valence-corrected chi connectivity index (χ3v) is 6.51. The van der Waals surface area contributed by atoms with Crippen molar-refractivity contribution < 1.29 is 28.5 Å². The lowest BCUT2D eigenvalue weighted by Gasteiger charge is -2.41. The summed E-state index contributed by atoms with van der Waals surface area (Å²) in [5.74, 6) is -2.45. The molecule has 176 valence electrons. The van der Waals surface area contributed by atoms with Crippen molar-refractivity contribution in [2.75, 3.05) is 13.2 Å². The normalized spacial score (nSPS) is 14.5. The van der Waals surface area contributed by atoms with Gasteiger partial charge in [0.05, 0.1) is 47.6 Å². The number of nitriles is 1. The minimum absolute atomic E-state index is 0.0854. The van der Waals surface area contributed by atoms with Gasteiger partial charge in [-0.15, -0.1) is 0 Å². The Kier molecular flexibility index (Phi) is 5.30. The number of aromatic hydroxyl groups is 1. The Balaban J connectivity index is 1.95. The maximum atomic E-state index is 14.6. The van der Waals surface area contributed by atoms with Crippen molar-refractivity contribution in [2.24, 2.45) is 0 Å². The van der Waals surface area contributed by atoms with E-state index in [1.165, 1.54) is 24.3 Å². The summed E-state index contributed by atoms with van der Waals surface area (Å²) in [6.07, 6.45) is 0.0902. The highest BCUT2D eigenvalue weighted by Gasteiger charge is 2.46. The highest BCUT2D eigenvalue weighted by atomic mass is 19.1. The molecule has 2 heterocycles. The number of fused-ring (bicyclic) bond motifs is 1. The first-order valence-electron chi connectivity index (χ1n) is 10.9. The van der Waals surface area contributed by atoms with Crippen LogP contribution in [0.15, 0.2) is 54.6 Å². The summed E-state index contributed by atoms with van der Waals surface area (Å²) < 4.78 is 36.0. The number of aromatic nitrogens is 1. The quantitative estimate of drug-likeness (QED) is 0.400. The zero-order chi connectivity index (χ0) is 24.9. The largest absolute Gasteiger partial charge is 0.507 e. The van der Waals surface area contributed by atoms with Crippen LogP contribution in [0.1, 0.15) is 28.0 Å². The van der Waals surface area contributed by atoms with Gasteiger partial charge in [-0.3, -0.25) is 0 Å². The number of ether oxygens (including phenoxy) is 1. The minimum Gasteiger partial charge on any atom is -0.507 e. The molecule has 1 aromatic heterocycles. The SMILES string of the molecule is Cc1cc(-n2c(C3(CC#N)COC3)c(-c3ccc(C(=O)O)cc3)c3c(O)cc(F)cc32)ccc1F. The number of hydrogen-bond acceptors (Lipinski definition) is 4. The Labute approximate surface area is 199 Å². The number of rotatable bonds is 5. The molecule has 1 aliphatic rings. The van der Waals surface area contributed by atoms with Crippen molar-refractivity contribution in [3.63, 3.8) is 0 Å². The maximum absolute atomic E-state index is 14.6. The fraction of sp³-hybridized carbons (Fsp3) is 0.185. The van der Waals surface area contributed by atoms with Crippen molar-refractivity contribution >= 4 is 16.9 Å². The molecule has 0 aliphatic carbocycles. The van der Waals surface area contributed by atoms with Gasteiger partial charge in [-0.2, -0.15) is 5.26 Å². The first kappa shape index (κ1) is 22.6. The zero-order valence-corrected chi connectivity index (χ0v) is 18.7. The highest BCUT2D eigenvalue weighted by Crippen LogP contribution is 2.49. The summed E-state index contributed by atoms with van der Waals surface area (Å²) >= 11 is 0. The van der Waals surface area contributed by atoms with Gasteiger partial charge < -0.3 is 19.5 Å². The molecule has 6 nitrogen and oxygen atoms in total. The fourth-order valence-corrected chi connectivity index (χ4v) is 4.78.